The average molecular weight is 415 g/mol. The number of carboxylic acids is 2. The van der Waals surface area contributed by atoms with E-state index in [1.165, 1.54) is 10.9 Å². The van der Waals surface area contributed by atoms with Crippen LogP contribution in [0.5, 0.6) is 0 Å². The largest absolute Gasteiger partial charge is 0.478 e. The SMILES string of the molecule is CCCN(CCC)C1Cc2c[nH]c3ccc(C(N)=O)c(c23)C1.O=C(O)/C=C\C(=O)O. The second kappa shape index (κ2) is 10.6. The summed E-state index contributed by atoms with van der Waals surface area (Å²) in [4.78, 5) is 36.8. The lowest BCUT2D eigenvalue weighted by atomic mass is 9.85. The zero-order chi connectivity index (χ0) is 22.3. The van der Waals surface area contributed by atoms with Crippen LogP contribution in [0.2, 0.25) is 0 Å². The number of nitrogens with one attached hydrogen (secondary N) is 1. The van der Waals surface area contributed by atoms with Gasteiger partial charge in [-0.15, -0.1) is 0 Å². The number of hydrogen-bond acceptors (Lipinski definition) is 4. The van der Waals surface area contributed by atoms with E-state index in [1.807, 2.05) is 12.1 Å². The molecule has 1 aliphatic rings. The molecule has 8 heteroatoms. The predicted octanol–water partition coefficient (Wildman–Crippen LogP) is 2.57. The van der Waals surface area contributed by atoms with Gasteiger partial charge in [-0.1, -0.05) is 13.8 Å². The molecule has 0 bridgehead atoms. The molecule has 1 unspecified atom stereocenters. The first-order valence-corrected chi connectivity index (χ1v) is 10.1. The van der Waals surface area contributed by atoms with Gasteiger partial charge >= 0.3 is 11.9 Å². The molecule has 8 nitrogen and oxygen atoms in total. The van der Waals surface area contributed by atoms with E-state index in [9.17, 15) is 14.4 Å². The third kappa shape index (κ3) is 5.70. The number of hydrogen-bond donors (Lipinski definition) is 4. The van der Waals surface area contributed by atoms with Gasteiger partial charge in [0.25, 0.3) is 0 Å². The summed E-state index contributed by atoms with van der Waals surface area (Å²) in [6.45, 7) is 6.67. The molecule has 30 heavy (non-hydrogen) atoms. The molecule has 0 radical (unpaired) electrons. The minimum atomic E-state index is -1.26. The Morgan fingerprint density at radius 2 is 1.70 bits per heavy atom. The topological polar surface area (TPSA) is 137 Å². The molecule has 1 aromatic heterocycles. The van der Waals surface area contributed by atoms with Gasteiger partial charge in [-0.05, 0) is 62.0 Å². The molecule has 0 saturated carbocycles. The molecule has 1 heterocycles. The number of carbonyl (C=O) groups is 3. The molecular formula is C22H29N3O5. The molecule has 1 amide bonds. The van der Waals surface area contributed by atoms with Gasteiger partial charge < -0.3 is 20.9 Å². The van der Waals surface area contributed by atoms with E-state index in [4.69, 9.17) is 15.9 Å². The highest BCUT2D eigenvalue weighted by molar-refractivity contribution is 6.01. The van der Waals surface area contributed by atoms with Crippen LogP contribution in [0.3, 0.4) is 0 Å². The monoisotopic (exact) mass is 415 g/mol. The molecule has 2 aromatic rings. The van der Waals surface area contributed by atoms with Crippen LogP contribution in [0.4, 0.5) is 0 Å². The van der Waals surface area contributed by atoms with Gasteiger partial charge in [-0.2, -0.15) is 0 Å². The zero-order valence-electron chi connectivity index (χ0n) is 17.4. The van der Waals surface area contributed by atoms with Crippen molar-refractivity contribution in [3.05, 3.63) is 47.2 Å². The molecule has 0 saturated heterocycles. The molecule has 0 aliphatic heterocycles. The Kier molecular flexibility index (Phi) is 8.17. The molecule has 1 aliphatic carbocycles. The van der Waals surface area contributed by atoms with Gasteiger partial charge in [-0.3, -0.25) is 9.69 Å². The summed E-state index contributed by atoms with van der Waals surface area (Å²) in [5, 5.41) is 16.8. The average Bonchev–Trinajstić information content (AvgIpc) is 3.11. The van der Waals surface area contributed by atoms with Crippen molar-refractivity contribution in [3.63, 3.8) is 0 Å². The summed E-state index contributed by atoms with van der Waals surface area (Å²) in [6, 6.07) is 4.30. The lowest BCUT2D eigenvalue weighted by molar-refractivity contribution is -0.134. The molecule has 0 spiro atoms. The van der Waals surface area contributed by atoms with Crippen LogP contribution >= 0.6 is 0 Å². The summed E-state index contributed by atoms with van der Waals surface area (Å²) in [5.41, 5.74) is 9.86. The van der Waals surface area contributed by atoms with E-state index in [1.54, 1.807) is 0 Å². The van der Waals surface area contributed by atoms with Crippen LogP contribution in [-0.4, -0.2) is 57.1 Å². The highest BCUT2D eigenvalue weighted by Gasteiger charge is 2.28. The van der Waals surface area contributed by atoms with Crippen LogP contribution in [0.15, 0.2) is 30.5 Å². The number of carboxylic acid groups (broad SMARTS) is 2. The fourth-order valence-electron chi connectivity index (χ4n) is 3.99. The van der Waals surface area contributed by atoms with Crippen LogP contribution in [0.25, 0.3) is 10.9 Å². The standard InChI is InChI=1S/C18H25N3O.C4H4O4/c1-3-7-21(8-4-2)13-9-12-11-20-16-6-5-14(18(19)22)15(10-13)17(12)16;5-3(6)1-2-4(7)8/h5-6,11,13,20H,3-4,7-10H2,1-2H3,(H2,19,22);1-2H,(H,5,6)(H,7,8)/b;2-1-. The van der Waals surface area contributed by atoms with Crippen molar-refractivity contribution >= 4 is 28.7 Å². The number of aromatic amines is 1. The zero-order valence-corrected chi connectivity index (χ0v) is 17.4. The Bertz CT molecular complexity index is 926. The maximum Gasteiger partial charge on any atom is 0.328 e. The Morgan fingerprint density at radius 1 is 1.10 bits per heavy atom. The number of benzene rings is 1. The van der Waals surface area contributed by atoms with Crippen LogP contribution in [-0.2, 0) is 22.4 Å². The summed E-state index contributed by atoms with van der Waals surface area (Å²) in [7, 11) is 0. The molecule has 0 fully saturated rings. The van der Waals surface area contributed by atoms with Gasteiger partial charge in [0.1, 0.15) is 0 Å². The van der Waals surface area contributed by atoms with Crippen molar-refractivity contribution in [2.75, 3.05) is 13.1 Å². The number of nitrogens with zero attached hydrogens (tertiary/aromatic N) is 1. The fraction of sp³-hybridized carbons (Fsp3) is 0.409. The number of primary amides is 1. The van der Waals surface area contributed by atoms with Crippen molar-refractivity contribution in [2.45, 2.75) is 45.6 Å². The number of carbonyl (C=O) groups excluding carboxylic acids is 1. The molecule has 1 aromatic carbocycles. The Morgan fingerprint density at radius 3 is 2.20 bits per heavy atom. The van der Waals surface area contributed by atoms with Gasteiger partial charge in [0.05, 0.1) is 0 Å². The van der Waals surface area contributed by atoms with Crippen LogP contribution in [0, 0.1) is 0 Å². The number of nitrogens with two attached hydrogens (primary N) is 1. The van der Waals surface area contributed by atoms with Gasteiger partial charge in [0.2, 0.25) is 5.91 Å². The third-order valence-electron chi connectivity index (χ3n) is 5.10. The van der Waals surface area contributed by atoms with Gasteiger partial charge in [0, 0.05) is 40.9 Å². The number of rotatable bonds is 8. The summed E-state index contributed by atoms with van der Waals surface area (Å²) < 4.78 is 0. The quantitative estimate of drug-likeness (QED) is 0.489. The van der Waals surface area contributed by atoms with Gasteiger partial charge in [-0.25, -0.2) is 9.59 Å². The van der Waals surface area contributed by atoms with E-state index in [0.717, 1.165) is 49.9 Å². The fourth-order valence-corrected chi connectivity index (χ4v) is 3.99. The first-order chi connectivity index (χ1) is 14.3. The van der Waals surface area contributed by atoms with Crippen molar-refractivity contribution < 1.29 is 24.6 Å². The lowest BCUT2D eigenvalue weighted by Gasteiger charge is -2.34. The second-order valence-electron chi connectivity index (χ2n) is 7.30. The lowest BCUT2D eigenvalue weighted by Crippen LogP contribution is -2.41. The van der Waals surface area contributed by atoms with E-state index in [2.05, 4.69) is 29.9 Å². The van der Waals surface area contributed by atoms with Crippen molar-refractivity contribution in [3.8, 4) is 0 Å². The van der Waals surface area contributed by atoms with E-state index in [-0.39, 0.29) is 5.91 Å². The maximum absolute atomic E-state index is 11.8. The predicted molar refractivity (Wildman–Crippen MR) is 115 cm³/mol. The summed E-state index contributed by atoms with van der Waals surface area (Å²) in [5.74, 6) is -2.83. The van der Waals surface area contributed by atoms with E-state index in [0.29, 0.717) is 23.8 Å². The first-order valence-electron chi connectivity index (χ1n) is 10.1. The summed E-state index contributed by atoms with van der Waals surface area (Å²) in [6.07, 6.45) is 7.49. The van der Waals surface area contributed by atoms with Gasteiger partial charge in [0.15, 0.2) is 0 Å². The van der Waals surface area contributed by atoms with Crippen LogP contribution < -0.4 is 5.73 Å². The van der Waals surface area contributed by atoms with Crippen molar-refractivity contribution in [1.29, 1.82) is 0 Å². The number of H-pyrrole nitrogens is 1. The minimum Gasteiger partial charge on any atom is -0.478 e. The van der Waals surface area contributed by atoms with Crippen molar-refractivity contribution in [2.24, 2.45) is 5.73 Å². The second-order valence-corrected chi connectivity index (χ2v) is 7.30. The molecule has 5 N–H and O–H groups in total. The first kappa shape index (κ1) is 23.2. The van der Waals surface area contributed by atoms with E-state index >= 15 is 0 Å². The molecular weight excluding hydrogens is 386 g/mol. The van der Waals surface area contributed by atoms with E-state index < -0.39 is 11.9 Å². The number of aromatic nitrogens is 1. The molecule has 1 atom stereocenters. The maximum atomic E-state index is 11.8. The highest BCUT2D eigenvalue weighted by Crippen LogP contribution is 2.33. The Labute approximate surface area is 175 Å². The normalized spacial score (nSPS) is 15.2. The molecule has 3 rings (SSSR count). The Hall–Kier alpha value is -3.13. The number of aliphatic carboxylic acids is 2. The summed E-state index contributed by atoms with van der Waals surface area (Å²) >= 11 is 0. The van der Waals surface area contributed by atoms with Crippen LogP contribution in [0.1, 0.15) is 48.2 Å². The Balaban J connectivity index is 0.000000343. The highest BCUT2D eigenvalue weighted by atomic mass is 16.4. The van der Waals surface area contributed by atoms with Crippen molar-refractivity contribution in [1.82, 2.24) is 9.88 Å². The third-order valence-corrected chi connectivity index (χ3v) is 5.10. The molecule has 162 valence electrons. The smallest absolute Gasteiger partial charge is 0.328 e. The minimum absolute atomic E-state index is 0.317. The number of amides is 1.